The first-order valence-corrected chi connectivity index (χ1v) is 6.79. The molecule has 0 spiro atoms. The first kappa shape index (κ1) is 13.4. The van der Waals surface area contributed by atoms with Crippen molar-refractivity contribution in [3.05, 3.63) is 30.0 Å². The summed E-state index contributed by atoms with van der Waals surface area (Å²) in [5, 5.41) is 9.46. The highest BCUT2D eigenvalue weighted by Crippen LogP contribution is 2.17. The standard InChI is InChI=1S/C14H20ClN3/c1-10(15)8-11(2)16-9-13-12-6-4-5-7-14(12)18(3)17-13/h4-7,10-11,16H,8-9H2,1-3H3. The number of nitrogens with one attached hydrogen (secondary N) is 1. The normalized spacial score (nSPS) is 14.9. The Labute approximate surface area is 113 Å². The Morgan fingerprint density at radius 2 is 2.06 bits per heavy atom. The Balaban J connectivity index is 2.08. The largest absolute Gasteiger partial charge is 0.309 e. The Bertz CT molecular complexity index is 519. The number of fused-ring (bicyclic) bond motifs is 1. The van der Waals surface area contributed by atoms with E-state index in [1.54, 1.807) is 0 Å². The van der Waals surface area contributed by atoms with Crippen molar-refractivity contribution in [2.75, 3.05) is 0 Å². The van der Waals surface area contributed by atoms with Crippen molar-refractivity contribution in [2.24, 2.45) is 7.05 Å². The van der Waals surface area contributed by atoms with Crippen LogP contribution < -0.4 is 5.32 Å². The van der Waals surface area contributed by atoms with Crippen molar-refractivity contribution < 1.29 is 0 Å². The third kappa shape index (κ3) is 3.03. The van der Waals surface area contributed by atoms with Gasteiger partial charge in [0.25, 0.3) is 0 Å². The van der Waals surface area contributed by atoms with Crippen molar-refractivity contribution >= 4 is 22.5 Å². The Morgan fingerprint density at radius 1 is 1.33 bits per heavy atom. The number of aryl methyl sites for hydroxylation is 1. The minimum atomic E-state index is 0.202. The van der Waals surface area contributed by atoms with Gasteiger partial charge in [-0.3, -0.25) is 4.68 Å². The fourth-order valence-corrected chi connectivity index (χ4v) is 2.53. The third-order valence-corrected chi connectivity index (χ3v) is 3.31. The van der Waals surface area contributed by atoms with E-state index in [1.807, 2.05) is 24.7 Å². The molecule has 1 heterocycles. The molecule has 0 amide bonds. The lowest BCUT2D eigenvalue weighted by molar-refractivity contribution is 0.506. The molecule has 1 aromatic carbocycles. The fourth-order valence-electron chi connectivity index (χ4n) is 2.26. The smallest absolute Gasteiger partial charge is 0.0841 e. The highest BCUT2D eigenvalue weighted by Gasteiger charge is 2.10. The average Bonchev–Trinajstić information content (AvgIpc) is 2.64. The molecular weight excluding hydrogens is 246 g/mol. The number of para-hydroxylation sites is 1. The number of rotatable bonds is 5. The number of aromatic nitrogens is 2. The molecule has 2 atom stereocenters. The molecular formula is C14H20ClN3. The number of benzene rings is 1. The summed E-state index contributed by atoms with van der Waals surface area (Å²) in [4.78, 5) is 0. The second kappa shape index (κ2) is 5.72. The van der Waals surface area contributed by atoms with Crippen LogP contribution in [0.2, 0.25) is 0 Å². The van der Waals surface area contributed by atoms with Crippen molar-refractivity contribution in [1.29, 1.82) is 0 Å². The van der Waals surface area contributed by atoms with Crippen LogP contribution in [0, 0.1) is 0 Å². The molecule has 4 heteroatoms. The average molecular weight is 266 g/mol. The van der Waals surface area contributed by atoms with Gasteiger partial charge in [-0.15, -0.1) is 11.6 Å². The van der Waals surface area contributed by atoms with E-state index in [0.29, 0.717) is 6.04 Å². The van der Waals surface area contributed by atoms with Gasteiger partial charge in [0.05, 0.1) is 11.2 Å². The first-order chi connectivity index (χ1) is 8.58. The van der Waals surface area contributed by atoms with Crippen LogP contribution in [-0.4, -0.2) is 21.2 Å². The van der Waals surface area contributed by atoms with Gasteiger partial charge < -0.3 is 5.32 Å². The monoisotopic (exact) mass is 265 g/mol. The fraction of sp³-hybridized carbons (Fsp3) is 0.500. The van der Waals surface area contributed by atoms with E-state index in [2.05, 4.69) is 35.5 Å². The van der Waals surface area contributed by atoms with Gasteiger partial charge in [-0.1, -0.05) is 18.2 Å². The van der Waals surface area contributed by atoms with Crippen LogP contribution in [0.3, 0.4) is 0 Å². The molecule has 0 bridgehead atoms. The molecule has 3 nitrogen and oxygen atoms in total. The maximum Gasteiger partial charge on any atom is 0.0841 e. The lowest BCUT2D eigenvalue weighted by atomic mass is 10.1. The summed E-state index contributed by atoms with van der Waals surface area (Å²) in [6.07, 6.45) is 0.965. The molecule has 18 heavy (non-hydrogen) atoms. The van der Waals surface area contributed by atoms with Gasteiger partial charge in [0.1, 0.15) is 0 Å². The molecule has 1 N–H and O–H groups in total. The molecule has 0 aliphatic heterocycles. The second-order valence-electron chi connectivity index (χ2n) is 4.89. The quantitative estimate of drug-likeness (QED) is 0.842. The van der Waals surface area contributed by atoms with E-state index in [1.165, 1.54) is 10.9 Å². The molecule has 1 aromatic heterocycles. The van der Waals surface area contributed by atoms with Crippen LogP contribution in [0.25, 0.3) is 10.9 Å². The summed E-state index contributed by atoms with van der Waals surface area (Å²) in [6, 6.07) is 8.71. The minimum Gasteiger partial charge on any atom is -0.309 e. The number of nitrogens with zero attached hydrogens (tertiary/aromatic N) is 2. The summed E-state index contributed by atoms with van der Waals surface area (Å²) in [6.45, 7) is 4.96. The Morgan fingerprint density at radius 3 is 2.78 bits per heavy atom. The molecule has 0 aliphatic rings. The van der Waals surface area contributed by atoms with Gasteiger partial charge in [-0.25, -0.2) is 0 Å². The van der Waals surface area contributed by atoms with Crippen molar-refractivity contribution in [1.82, 2.24) is 15.1 Å². The van der Waals surface area contributed by atoms with Crippen LogP contribution in [0.5, 0.6) is 0 Å². The molecule has 0 fully saturated rings. The zero-order valence-corrected chi connectivity index (χ0v) is 11.9. The summed E-state index contributed by atoms with van der Waals surface area (Å²) in [7, 11) is 1.98. The highest BCUT2D eigenvalue weighted by atomic mass is 35.5. The van der Waals surface area contributed by atoms with E-state index in [-0.39, 0.29) is 5.38 Å². The predicted octanol–water partition coefficient (Wildman–Crippen LogP) is 3.07. The van der Waals surface area contributed by atoms with Crippen molar-refractivity contribution in [3.63, 3.8) is 0 Å². The van der Waals surface area contributed by atoms with Crippen LogP contribution in [0.4, 0.5) is 0 Å². The molecule has 98 valence electrons. The first-order valence-electron chi connectivity index (χ1n) is 6.36. The molecule has 0 radical (unpaired) electrons. The number of halogens is 1. The predicted molar refractivity (Wildman–Crippen MR) is 76.9 cm³/mol. The lowest BCUT2D eigenvalue weighted by Gasteiger charge is -2.14. The highest BCUT2D eigenvalue weighted by molar-refractivity contribution is 6.20. The zero-order chi connectivity index (χ0) is 13.1. The molecule has 2 aromatic rings. The molecule has 2 rings (SSSR count). The minimum absolute atomic E-state index is 0.202. The van der Waals surface area contributed by atoms with E-state index in [0.717, 1.165) is 18.7 Å². The van der Waals surface area contributed by atoms with Gasteiger partial charge in [-0.2, -0.15) is 5.10 Å². The zero-order valence-electron chi connectivity index (χ0n) is 11.2. The Kier molecular flexibility index (Phi) is 4.25. The number of hydrogen-bond donors (Lipinski definition) is 1. The molecule has 2 unspecified atom stereocenters. The summed E-state index contributed by atoms with van der Waals surface area (Å²) < 4.78 is 1.93. The molecule has 0 aliphatic carbocycles. The van der Waals surface area contributed by atoms with E-state index in [4.69, 9.17) is 11.6 Å². The van der Waals surface area contributed by atoms with E-state index < -0.39 is 0 Å². The van der Waals surface area contributed by atoms with Gasteiger partial charge >= 0.3 is 0 Å². The van der Waals surface area contributed by atoms with E-state index in [9.17, 15) is 0 Å². The lowest BCUT2D eigenvalue weighted by Crippen LogP contribution is -2.27. The Hall–Kier alpha value is -1.06. The summed E-state index contributed by atoms with van der Waals surface area (Å²) in [5.41, 5.74) is 2.27. The van der Waals surface area contributed by atoms with E-state index >= 15 is 0 Å². The number of hydrogen-bond acceptors (Lipinski definition) is 2. The number of alkyl halides is 1. The van der Waals surface area contributed by atoms with Crippen LogP contribution in [0.1, 0.15) is 26.0 Å². The van der Waals surface area contributed by atoms with Gasteiger partial charge in [0.15, 0.2) is 0 Å². The topological polar surface area (TPSA) is 29.9 Å². The van der Waals surface area contributed by atoms with Crippen LogP contribution in [-0.2, 0) is 13.6 Å². The van der Waals surface area contributed by atoms with Gasteiger partial charge in [0, 0.05) is 30.4 Å². The molecule has 0 saturated carbocycles. The van der Waals surface area contributed by atoms with Crippen molar-refractivity contribution in [3.8, 4) is 0 Å². The maximum atomic E-state index is 5.99. The van der Waals surface area contributed by atoms with Gasteiger partial charge in [0.2, 0.25) is 0 Å². The van der Waals surface area contributed by atoms with Gasteiger partial charge in [-0.05, 0) is 26.3 Å². The summed E-state index contributed by atoms with van der Waals surface area (Å²) >= 11 is 5.99. The third-order valence-electron chi connectivity index (χ3n) is 3.13. The summed E-state index contributed by atoms with van der Waals surface area (Å²) in [5.74, 6) is 0. The van der Waals surface area contributed by atoms with Crippen LogP contribution in [0.15, 0.2) is 24.3 Å². The van der Waals surface area contributed by atoms with Crippen molar-refractivity contribution in [2.45, 2.75) is 38.2 Å². The SMILES string of the molecule is CC(Cl)CC(C)NCc1nn(C)c2ccccc12. The maximum absolute atomic E-state index is 5.99. The molecule has 0 saturated heterocycles. The van der Waals surface area contributed by atoms with Crippen LogP contribution >= 0.6 is 11.6 Å². The second-order valence-corrected chi connectivity index (χ2v) is 5.63.